The second kappa shape index (κ2) is 4.09. The van der Waals surface area contributed by atoms with Crippen LogP contribution in [-0.2, 0) is 6.42 Å². The highest BCUT2D eigenvalue weighted by Crippen LogP contribution is 2.12. The molecule has 2 heterocycles. The van der Waals surface area contributed by atoms with Gasteiger partial charge in [-0.05, 0) is 18.9 Å². The predicted octanol–water partition coefficient (Wildman–Crippen LogP) is 0.647. The number of hydrogen-bond acceptors (Lipinski definition) is 3. The van der Waals surface area contributed by atoms with Crippen LogP contribution >= 0.6 is 0 Å². The maximum Gasteiger partial charge on any atom is 0.275 e. The van der Waals surface area contributed by atoms with E-state index in [1.54, 1.807) is 6.20 Å². The van der Waals surface area contributed by atoms with Crippen molar-refractivity contribution >= 4 is 5.65 Å². The van der Waals surface area contributed by atoms with Gasteiger partial charge in [0.2, 0.25) is 0 Å². The Morgan fingerprint density at radius 3 is 2.94 bits per heavy atom. The van der Waals surface area contributed by atoms with Gasteiger partial charge in [-0.3, -0.25) is 9.89 Å². The SMILES string of the molecule is CC(C)c1cc2ncc(CCN)c(=O)n2[nH]1. The van der Waals surface area contributed by atoms with E-state index in [1.807, 2.05) is 6.07 Å². The molecule has 0 unspecified atom stereocenters. The third-order valence-electron chi connectivity index (χ3n) is 2.62. The number of H-pyrrole nitrogens is 1. The maximum absolute atomic E-state index is 12.0. The molecule has 5 heteroatoms. The zero-order chi connectivity index (χ0) is 11.7. The molecule has 0 atom stereocenters. The lowest BCUT2D eigenvalue weighted by Gasteiger charge is -1.99. The molecular formula is C11H16N4O. The van der Waals surface area contributed by atoms with Crippen molar-refractivity contribution < 1.29 is 0 Å². The zero-order valence-corrected chi connectivity index (χ0v) is 9.53. The molecule has 0 spiro atoms. The molecule has 0 aromatic carbocycles. The van der Waals surface area contributed by atoms with Crippen molar-refractivity contribution in [2.75, 3.05) is 6.54 Å². The standard InChI is InChI=1S/C11H16N4O/c1-7(2)9-5-10-13-6-8(3-4-12)11(16)15(10)14-9/h5-7,14H,3-4,12H2,1-2H3. The summed E-state index contributed by atoms with van der Waals surface area (Å²) in [6.45, 7) is 4.59. The Morgan fingerprint density at radius 2 is 2.31 bits per heavy atom. The van der Waals surface area contributed by atoms with Gasteiger partial charge in [0.15, 0.2) is 5.65 Å². The topological polar surface area (TPSA) is 76.2 Å². The van der Waals surface area contributed by atoms with Gasteiger partial charge in [-0.15, -0.1) is 0 Å². The van der Waals surface area contributed by atoms with Gasteiger partial charge in [0.05, 0.1) is 0 Å². The summed E-state index contributed by atoms with van der Waals surface area (Å²) in [6, 6.07) is 1.90. The van der Waals surface area contributed by atoms with Crippen molar-refractivity contribution in [3.8, 4) is 0 Å². The van der Waals surface area contributed by atoms with E-state index in [0.29, 0.717) is 30.1 Å². The van der Waals surface area contributed by atoms with Crippen LogP contribution < -0.4 is 11.3 Å². The number of fused-ring (bicyclic) bond motifs is 1. The Kier molecular flexibility index (Phi) is 2.78. The van der Waals surface area contributed by atoms with E-state index >= 15 is 0 Å². The van der Waals surface area contributed by atoms with E-state index < -0.39 is 0 Å². The number of nitrogens with one attached hydrogen (secondary N) is 1. The average Bonchev–Trinajstić information content (AvgIpc) is 2.67. The number of nitrogens with two attached hydrogens (primary N) is 1. The number of hydrogen-bond donors (Lipinski definition) is 2. The van der Waals surface area contributed by atoms with E-state index in [2.05, 4.69) is 23.9 Å². The van der Waals surface area contributed by atoms with Gasteiger partial charge in [0.25, 0.3) is 5.56 Å². The van der Waals surface area contributed by atoms with Crippen molar-refractivity contribution in [2.24, 2.45) is 5.73 Å². The molecular weight excluding hydrogens is 204 g/mol. The van der Waals surface area contributed by atoms with E-state index in [4.69, 9.17) is 5.73 Å². The second-order valence-electron chi connectivity index (χ2n) is 4.19. The highest BCUT2D eigenvalue weighted by molar-refractivity contribution is 5.40. The van der Waals surface area contributed by atoms with E-state index in [9.17, 15) is 4.79 Å². The van der Waals surface area contributed by atoms with Gasteiger partial charge < -0.3 is 5.73 Å². The minimum absolute atomic E-state index is 0.0534. The monoisotopic (exact) mass is 220 g/mol. The van der Waals surface area contributed by atoms with Gasteiger partial charge in [0, 0.05) is 23.5 Å². The fourth-order valence-corrected chi connectivity index (χ4v) is 1.64. The lowest BCUT2D eigenvalue weighted by atomic mass is 10.1. The number of rotatable bonds is 3. The minimum Gasteiger partial charge on any atom is -0.330 e. The smallest absolute Gasteiger partial charge is 0.275 e. The Bertz CT molecular complexity index is 553. The predicted molar refractivity (Wildman–Crippen MR) is 62.7 cm³/mol. The minimum atomic E-state index is -0.0534. The summed E-state index contributed by atoms with van der Waals surface area (Å²) in [7, 11) is 0. The van der Waals surface area contributed by atoms with Crippen LogP contribution in [0.1, 0.15) is 31.0 Å². The van der Waals surface area contributed by atoms with Crippen LogP contribution in [0.5, 0.6) is 0 Å². The molecule has 0 aliphatic carbocycles. The van der Waals surface area contributed by atoms with E-state index in [1.165, 1.54) is 4.52 Å². The first-order valence-electron chi connectivity index (χ1n) is 5.43. The maximum atomic E-state index is 12.0. The van der Waals surface area contributed by atoms with Gasteiger partial charge in [0.1, 0.15) is 0 Å². The summed E-state index contributed by atoms with van der Waals surface area (Å²) < 4.78 is 1.49. The summed E-state index contributed by atoms with van der Waals surface area (Å²) in [6.07, 6.45) is 2.17. The van der Waals surface area contributed by atoms with Crippen LogP contribution in [0.15, 0.2) is 17.1 Å². The molecule has 2 rings (SSSR count). The molecule has 5 nitrogen and oxygen atoms in total. The van der Waals surface area contributed by atoms with Crippen LogP contribution in [0.25, 0.3) is 5.65 Å². The first-order chi connectivity index (χ1) is 7.63. The van der Waals surface area contributed by atoms with Crippen molar-refractivity contribution in [3.63, 3.8) is 0 Å². The van der Waals surface area contributed by atoms with Crippen LogP contribution in [0, 0.1) is 0 Å². The van der Waals surface area contributed by atoms with Gasteiger partial charge in [-0.1, -0.05) is 13.8 Å². The summed E-state index contributed by atoms with van der Waals surface area (Å²) in [5.41, 5.74) is 7.71. The number of aromatic nitrogens is 3. The van der Waals surface area contributed by atoms with Crippen LogP contribution in [0.3, 0.4) is 0 Å². The largest absolute Gasteiger partial charge is 0.330 e. The molecule has 0 aliphatic heterocycles. The molecule has 0 saturated carbocycles. The van der Waals surface area contributed by atoms with Crippen molar-refractivity contribution in [2.45, 2.75) is 26.2 Å². The Labute approximate surface area is 93.3 Å². The highest BCUT2D eigenvalue weighted by atomic mass is 16.1. The molecule has 0 amide bonds. The van der Waals surface area contributed by atoms with E-state index in [0.717, 1.165) is 5.69 Å². The summed E-state index contributed by atoms with van der Waals surface area (Å²) >= 11 is 0. The van der Waals surface area contributed by atoms with Crippen molar-refractivity contribution in [1.29, 1.82) is 0 Å². The highest BCUT2D eigenvalue weighted by Gasteiger charge is 2.09. The van der Waals surface area contributed by atoms with Gasteiger partial charge in [-0.25, -0.2) is 9.50 Å². The summed E-state index contributed by atoms with van der Waals surface area (Å²) in [5.74, 6) is 0.346. The Hall–Kier alpha value is -1.62. The molecule has 16 heavy (non-hydrogen) atoms. The lowest BCUT2D eigenvalue weighted by molar-refractivity contribution is 0.767. The quantitative estimate of drug-likeness (QED) is 0.797. The number of aromatic amines is 1. The fraction of sp³-hybridized carbons (Fsp3) is 0.455. The second-order valence-corrected chi connectivity index (χ2v) is 4.19. The van der Waals surface area contributed by atoms with Crippen LogP contribution in [0.2, 0.25) is 0 Å². The van der Waals surface area contributed by atoms with Crippen LogP contribution in [-0.4, -0.2) is 21.1 Å². The molecule has 0 bridgehead atoms. The molecule has 0 radical (unpaired) electrons. The normalized spacial score (nSPS) is 11.5. The first kappa shape index (κ1) is 10.9. The van der Waals surface area contributed by atoms with Gasteiger partial charge in [-0.2, -0.15) is 0 Å². The molecule has 2 aromatic heterocycles. The van der Waals surface area contributed by atoms with Crippen molar-refractivity contribution in [3.05, 3.63) is 33.9 Å². The Balaban J connectivity index is 2.60. The third-order valence-corrected chi connectivity index (χ3v) is 2.62. The summed E-state index contributed by atoms with van der Waals surface area (Å²) in [4.78, 5) is 16.2. The average molecular weight is 220 g/mol. The zero-order valence-electron chi connectivity index (χ0n) is 9.53. The molecule has 3 N–H and O–H groups in total. The van der Waals surface area contributed by atoms with E-state index in [-0.39, 0.29) is 5.56 Å². The lowest BCUT2D eigenvalue weighted by Crippen LogP contribution is -2.21. The molecule has 86 valence electrons. The summed E-state index contributed by atoms with van der Waals surface area (Å²) in [5, 5.41) is 3.06. The molecule has 0 saturated heterocycles. The molecule has 2 aromatic rings. The van der Waals surface area contributed by atoms with Crippen molar-refractivity contribution in [1.82, 2.24) is 14.6 Å². The van der Waals surface area contributed by atoms with Crippen LogP contribution in [0.4, 0.5) is 0 Å². The first-order valence-corrected chi connectivity index (χ1v) is 5.43. The van der Waals surface area contributed by atoms with Gasteiger partial charge >= 0.3 is 0 Å². The molecule has 0 aliphatic rings. The molecule has 0 fully saturated rings. The number of nitrogens with zero attached hydrogens (tertiary/aromatic N) is 2. The third kappa shape index (κ3) is 1.74. The Morgan fingerprint density at radius 1 is 1.56 bits per heavy atom. The fourth-order valence-electron chi connectivity index (χ4n) is 1.64.